The number of hydrogen-bond donors (Lipinski definition) is 1. The van der Waals surface area contributed by atoms with E-state index in [1.165, 1.54) is 0 Å². The lowest BCUT2D eigenvalue weighted by Crippen LogP contribution is -2.07. The second-order valence-electron chi connectivity index (χ2n) is 4.35. The summed E-state index contributed by atoms with van der Waals surface area (Å²) in [6.07, 6.45) is 1.74. The van der Waals surface area contributed by atoms with Gasteiger partial charge >= 0.3 is 5.97 Å². The fourth-order valence-corrected chi connectivity index (χ4v) is 2.18. The molecule has 1 N–H and O–H groups in total. The Kier molecular flexibility index (Phi) is 3.99. The van der Waals surface area contributed by atoms with Crippen LogP contribution in [0.15, 0.2) is 22.8 Å². The molecule has 0 unspecified atom stereocenters. The van der Waals surface area contributed by atoms with Crippen molar-refractivity contribution in [1.82, 2.24) is 14.8 Å². The van der Waals surface area contributed by atoms with E-state index in [0.717, 1.165) is 27.1 Å². The van der Waals surface area contributed by atoms with Gasteiger partial charge in [0.1, 0.15) is 0 Å². The molecule has 2 rings (SSSR count). The van der Waals surface area contributed by atoms with Gasteiger partial charge in [-0.25, -0.2) is 0 Å². The molecule has 0 aliphatic carbocycles. The molecule has 0 saturated heterocycles. The Balaban J connectivity index is 2.26. The van der Waals surface area contributed by atoms with Crippen LogP contribution in [0.5, 0.6) is 0 Å². The lowest BCUT2D eigenvalue weighted by atomic mass is 10.1. The van der Waals surface area contributed by atoms with Crippen LogP contribution < -0.4 is 0 Å². The van der Waals surface area contributed by atoms with E-state index in [0.29, 0.717) is 6.54 Å². The Morgan fingerprint density at radius 1 is 1.42 bits per heavy atom. The number of carbonyl (C=O) groups is 1. The lowest BCUT2D eigenvalue weighted by molar-refractivity contribution is -0.136. The molecule has 0 aliphatic heterocycles. The number of aryl methyl sites for hydroxylation is 1. The zero-order valence-electron chi connectivity index (χ0n) is 10.7. The first-order valence-corrected chi connectivity index (χ1v) is 6.61. The number of halogens is 1. The maximum absolute atomic E-state index is 10.8. The van der Waals surface area contributed by atoms with Crippen molar-refractivity contribution in [1.29, 1.82) is 0 Å². The van der Waals surface area contributed by atoms with Crippen molar-refractivity contribution < 1.29 is 9.90 Å². The van der Waals surface area contributed by atoms with Crippen molar-refractivity contribution >= 4 is 21.9 Å². The van der Waals surface area contributed by atoms with Crippen LogP contribution in [0.3, 0.4) is 0 Å². The summed E-state index contributed by atoms with van der Waals surface area (Å²) in [5.41, 5.74) is 3.31. The predicted octanol–water partition coefficient (Wildman–Crippen LogP) is 2.33. The third kappa shape index (κ3) is 3.20. The van der Waals surface area contributed by atoms with Crippen LogP contribution in [0.4, 0.5) is 0 Å². The first kappa shape index (κ1) is 13.7. The third-order valence-corrected chi connectivity index (χ3v) is 3.43. The number of aliphatic carboxylic acids is 1. The van der Waals surface area contributed by atoms with Gasteiger partial charge in [-0.1, -0.05) is 0 Å². The Morgan fingerprint density at radius 3 is 2.74 bits per heavy atom. The summed E-state index contributed by atoms with van der Waals surface area (Å²) in [5, 5.41) is 13.3. The fraction of sp³-hybridized carbons (Fsp3) is 0.308. The van der Waals surface area contributed by atoms with Crippen LogP contribution in [0.25, 0.3) is 0 Å². The number of pyridine rings is 1. The SMILES string of the molecule is Cc1nn(Cc2ccc(Br)cn2)c(C)c1CC(=O)O. The minimum absolute atomic E-state index is 0.00539. The molecule has 0 atom stereocenters. The van der Waals surface area contributed by atoms with Crippen LogP contribution in [0.1, 0.15) is 22.6 Å². The molecule has 0 saturated carbocycles. The van der Waals surface area contributed by atoms with Gasteiger partial charge in [0.15, 0.2) is 0 Å². The highest BCUT2D eigenvalue weighted by Crippen LogP contribution is 2.15. The van der Waals surface area contributed by atoms with E-state index in [1.54, 1.807) is 10.9 Å². The Hall–Kier alpha value is -1.69. The molecular weight excluding hydrogens is 310 g/mol. The normalized spacial score (nSPS) is 10.7. The molecule has 100 valence electrons. The van der Waals surface area contributed by atoms with Gasteiger partial charge in [-0.05, 0) is 41.9 Å². The van der Waals surface area contributed by atoms with Crippen molar-refractivity contribution in [3.8, 4) is 0 Å². The number of carboxylic acids is 1. The van der Waals surface area contributed by atoms with Gasteiger partial charge in [0.25, 0.3) is 0 Å². The van der Waals surface area contributed by atoms with E-state index in [1.807, 2.05) is 26.0 Å². The zero-order valence-corrected chi connectivity index (χ0v) is 12.3. The number of aromatic nitrogens is 3. The van der Waals surface area contributed by atoms with Crippen molar-refractivity contribution in [2.75, 3.05) is 0 Å². The number of rotatable bonds is 4. The van der Waals surface area contributed by atoms with E-state index in [2.05, 4.69) is 26.0 Å². The van der Waals surface area contributed by atoms with Crippen LogP contribution in [-0.4, -0.2) is 25.8 Å². The van der Waals surface area contributed by atoms with E-state index in [4.69, 9.17) is 5.11 Å². The van der Waals surface area contributed by atoms with Crippen LogP contribution in [0.2, 0.25) is 0 Å². The smallest absolute Gasteiger partial charge is 0.307 e. The van der Waals surface area contributed by atoms with Gasteiger partial charge in [-0.15, -0.1) is 0 Å². The van der Waals surface area contributed by atoms with Gasteiger partial charge in [0.2, 0.25) is 0 Å². The first-order valence-electron chi connectivity index (χ1n) is 5.82. The van der Waals surface area contributed by atoms with Gasteiger partial charge in [0, 0.05) is 21.9 Å². The first-order chi connectivity index (χ1) is 8.97. The van der Waals surface area contributed by atoms with Crippen molar-refractivity contribution in [3.05, 3.63) is 45.4 Å². The summed E-state index contributed by atoms with van der Waals surface area (Å²) in [7, 11) is 0. The zero-order chi connectivity index (χ0) is 14.0. The molecule has 0 radical (unpaired) electrons. The van der Waals surface area contributed by atoms with Crippen molar-refractivity contribution in [2.24, 2.45) is 0 Å². The summed E-state index contributed by atoms with van der Waals surface area (Å²) in [6, 6.07) is 3.84. The minimum atomic E-state index is -0.840. The Morgan fingerprint density at radius 2 is 2.16 bits per heavy atom. The summed E-state index contributed by atoms with van der Waals surface area (Å²) in [5.74, 6) is -0.840. The highest BCUT2D eigenvalue weighted by Gasteiger charge is 2.14. The molecule has 0 spiro atoms. The maximum atomic E-state index is 10.8. The van der Waals surface area contributed by atoms with Crippen LogP contribution >= 0.6 is 15.9 Å². The predicted molar refractivity (Wildman–Crippen MR) is 74.1 cm³/mol. The molecule has 19 heavy (non-hydrogen) atoms. The molecule has 2 heterocycles. The average molecular weight is 324 g/mol. The topological polar surface area (TPSA) is 68.0 Å². The Labute approximate surface area is 119 Å². The molecule has 0 fully saturated rings. The highest BCUT2D eigenvalue weighted by atomic mass is 79.9. The van der Waals surface area contributed by atoms with E-state index >= 15 is 0 Å². The molecular formula is C13H14BrN3O2. The quantitative estimate of drug-likeness (QED) is 0.937. The average Bonchev–Trinajstić information content (AvgIpc) is 2.60. The second-order valence-corrected chi connectivity index (χ2v) is 5.26. The van der Waals surface area contributed by atoms with Crippen LogP contribution in [-0.2, 0) is 17.8 Å². The molecule has 6 heteroatoms. The monoisotopic (exact) mass is 323 g/mol. The van der Waals surface area contributed by atoms with E-state index in [-0.39, 0.29) is 6.42 Å². The maximum Gasteiger partial charge on any atom is 0.307 e. The van der Waals surface area contributed by atoms with Gasteiger partial charge in [0.05, 0.1) is 24.4 Å². The number of hydrogen-bond acceptors (Lipinski definition) is 3. The van der Waals surface area contributed by atoms with E-state index in [9.17, 15) is 4.79 Å². The van der Waals surface area contributed by atoms with Crippen molar-refractivity contribution in [2.45, 2.75) is 26.8 Å². The largest absolute Gasteiger partial charge is 0.481 e. The minimum Gasteiger partial charge on any atom is -0.481 e. The third-order valence-electron chi connectivity index (χ3n) is 2.96. The molecule has 2 aromatic rings. The Bertz CT molecular complexity index is 605. The van der Waals surface area contributed by atoms with Gasteiger partial charge in [-0.2, -0.15) is 5.10 Å². The molecule has 0 bridgehead atoms. The number of nitrogens with zero attached hydrogens (tertiary/aromatic N) is 3. The standard InChI is InChI=1S/C13H14BrN3O2/c1-8-12(5-13(18)19)9(2)17(16-8)7-11-4-3-10(14)6-15-11/h3-4,6H,5,7H2,1-2H3,(H,18,19). The summed E-state index contributed by atoms with van der Waals surface area (Å²) < 4.78 is 2.72. The highest BCUT2D eigenvalue weighted by molar-refractivity contribution is 9.10. The molecule has 5 nitrogen and oxygen atoms in total. The second kappa shape index (κ2) is 5.52. The molecule has 0 amide bonds. The lowest BCUT2D eigenvalue weighted by Gasteiger charge is -2.04. The molecule has 0 aliphatic rings. The molecule has 2 aromatic heterocycles. The van der Waals surface area contributed by atoms with Gasteiger partial charge in [-0.3, -0.25) is 14.5 Å². The van der Waals surface area contributed by atoms with Crippen LogP contribution in [0, 0.1) is 13.8 Å². The summed E-state index contributed by atoms with van der Waals surface area (Å²) >= 11 is 3.34. The van der Waals surface area contributed by atoms with E-state index < -0.39 is 5.97 Å². The fourth-order valence-electron chi connectivity index (χ4n) is 1.95. The summed E-state index contributed by atoms with van der Waals surface area (Å²) in [4.78, 5) is 15.1. The summed E-state index contributed by atoms with van der Waals surface area (Å²) in [6.45, 7) is 4.26. The van der Waals surface area contributed by atoms with Crippen molar-refractivity contribution in [3.63, 3.8) is 0 Å². The number of carboxylic acid groups (broad SMARTS) is 1. The molecule has 0 aromatic carbocycles. The van der Waals surface area contributed by atoms with Gasteiger partial charge < -0.3 is 5.11 Å².